The van der Waals surface area contributed by atoms with Gasteiger partial charge in [0.15, 0.2) is 9.84 Å². The van der Waals surface area contributed by atoms with Gasteiger partial charge in [-0.1, -0.05) is 13.0 Å². The molecule has 2 rings (SSSR count). The van der Waals surface area contributed by atoms with Gasteiger partial charge >= 0.3 is 5.97 Å². The van der Waals surface area contributed by atoms with Crippen LogP contribution in [0.25, 0.3) is 0 Å². The van der Waals surface area contributed by atoms with E-state index in [0.29, 0.717) is 18.6 Å². The number of aliphatic carboxylic acids is 1. The number of carboxylic acids is 1. The first kappa shape index (κ1) is 18.4. The molecule has 8 heteroatoms. The van der Waals surface area contributed by atoms with Crippen molar-refractivity contribution in [3.63, 3.8) is 0 Å². The second-order valence-electron chi connectivity index (χ2n) is 5.77. The van der Waals surface area contributed by atoms with Crippen LogP contribution in [0.3, 0.4) is 0 Å². The van der Waals surface area contributed by atoms with Crippen LogP contribution in [0, 0.1) is 0 Å². The van der Waals surface area contributed by atoms with E-state index in [0.717, 1.165) is 6.26 Å². The van der Waals surface area contributed by atoms with E-state index in [1.807, 2.05) is 6.92 Å². The highest BCUT2D eigenvalue weighted by atomic mass is 32.2. The number of carbonyl (C=O) groups is 2. The summed E-state index contributed by atoms with van der Waals surface area (Å²) >= 11 is 0. The fourth-order valence-electron chi connectivity index (χ4n) is 2.78. The number of nitrogens with zero attached hydrogens (tertiary/aromatic N) is 1. The number of carbonyl (C=O) groups excluding carboxylic acids is 1. The molecular weight excluding hydrogens is 334 g/mol. The summed E-state index contributed by atoms with van der Waals surface area (Å²) in [4.78, 5) is 25.3. The van der Waals surface area contributed by atoms with Crippen molar-refractivity contribution in [3.05, 3.63) is 29.3 Å². The maximum Gasteiger partial charge on any atom is 0.305 e. The topological polar surface area (TPSA) is 101 Å². The number of sulfone groups is 1. The van der Waals surface area contributed by atoms with Crippen molar-refractivity contribution in [2.45, 2.75) is 30.7 Å². The van der Waals surface area contributed by atoms with Crippen molar-refractivity contribution in [1.29, 1.82) is 0 Å². The number of ether oxygens (including phenoxy) is 1. The first-order valence-corrected chi connectivity index (χ1v) is 9.56. The standard InChI is InChI=1S/C16H21NO6S/c1-3-11-4-5-12(8-14(11)24(2,21)22)16(20)17-6-7-23-10-13(17)9-15(18)19/h4-5,8,13H,3,6-7,9-10H2,1-2H3,(H,18,19). The number of hydrogen-bond acceptors (Lipinski definition) is 5. The lowest BCUT2D eigenvalue weighted by molar-refractivity contribution is -0.139. The van der Waals surface area contributed by atoms with Gasteiger partial charge in [-0.2, -0.15) is 0 Å². The molecule has 1 aliphatic rings. The van der Waals surface area contributed by atoms with Crippen molar-refractivity contribution in [2.24, 2.45) is 0 Å². The smallest absolute Gasteiger partial charge is 0.305 e. The Bertz CT molecular complexity index is 743. The van der Waals surface area contributed by atoms with E-state index in [-0.39, 0.29) is 35.9 Å². The van der Waals surface area contributed by atoms with Gasteiger partial charge in [0.25, 0.3) is 5.91 Å². The molecule has 1 aromatic carbocycles. The van der Waals surface area contributed by atoms with Crippen LogP contribution in [-0.4, -0.2) is 62.4 Å². The van der Waals surface area contributed by atoms with E-state index in [9.17, 15) is 18.0 Å². The Morgan fingerprint density at radius 2 is 2.08 bits per heavy atom. The zero-order valence-electron chi connectivity index (χ0n) is 13.7. The van der Waals surface area contributed by atoms with Crippen LogP contribution in [0.1, 0.15) is 29.3 Å². The quantitative estimate of drug-likeness (QED) is 0.844. The Hall–Kier alpha value is -1.93. The van der Waals surface area contributed by atoms with E-state index in [1.54, 1.807) is 12.1 Å². The highest BCUT2D eigenvalue weighted by molar-refractivity contribution is 7.90. The molecule has 1 N–H and O–H groups in total. The minimum atomic E-state index is -3.45. The second kappa shape index (κ2) is 7.31. The fourth-order valence-corrected chi connectivity index (χ4v) is 3.81. The van der Waals surface area contributed by atoms with Gasteiger partial charge in [-0.3, -0.25) is 9.59 Å². The van der Waals surface area contributed by atoms with E-state index >= 15 is 0 Å². The van der Waals surface area contributed by atoms with Gasteiger partial charge < -0.3 is 14.7 Å². The fraction of sp³-hybridized carbons (Fsp3) is 0.500. The molecule has 132 valence electrons. The molecular formula is C16H21NO6S. The van der Waals surface area contributed by atoms with Gasteiger partial charge in [0.1, 0.15) is 0 Å². The predicted octanol–water partition coefficient (Wildman–Crippen LogP) is 0.968. The van der Waals surface area contributed by atoms with Crippen LogP contribution in [-0.2, 0) is 25.8 Å². The number of rotatable bonds is 5. The van der Waals surface area contributed by atoms with Crippen LogP contribution < -0.4 is 0 Å². The predicted molar refractivity (Wildman–Crippen MR) is 86.8 cm³/mol. The number of carboxylic acid groups (broad SMARTS) is 1. The molecule has 24 heavy (non-hydrogen) atoms. The normalized spacial score (nSPS) is 18.4. The summed E-state index contributed by atoms with van der Waals surface area (Å²) in [5.74, 6) is -1.39. The lowest BCUT2D eigenvalue weighted by Crippen LogP contribution is -2.49. The largest absolute Gasteiger partial charge is 0.481 e. The van der Waals surface area contributed by atoms with Crippen molar-refractivity contribution < 1.29 is 27.9 Å². The van der Waals surface area contributed by atoms with Crippen molar-refractivity contribution in [1.82, 2.24) is 4.90 Å². The summed E-state index contributed by atoms with van der Waals surface area (Å²) in [7, 11) is -3.45. The Labute approximate surface area is 141 Å². The Morgan fingerprint density at radius 1 is 1.38 bits per heavy atom. The minimum Gasteiger partial charge on any atom is -0.481 e. The summed E-state index contributed by atoms with van der Waals surface area (Å²) < 4.78 is 29.2. The monoisotopic (exact) mass is 355 g/mol. The Morgan fingerprint density at radius 3 is 2.67 bits per heavy atom. The molecule has 0 aromatic heterocycles. The second-order valence-corrected chi connectivity index (χ2v) is 7.76. The molecule has 1 aromatic rings. The first-order chi connectivity index (χ1) is 11.2. The average Bonchev–Trinajstić information content (AvgIpc) is 2.52. The van der Waals surface area contributed by atoms with Crippen molar-refractivity contribution >= 4 is 21.7 Å². The number of benzene rings is 1. The van der Waals surface area contributed by atoms with E-state index < -0.39 is 21.8 Å². The van der Waals surface area contributed by atoms with Gasteiger partial charge in [0.2, 0.25) is 0 Å². The third-order valence-electron chi connectivity index (χ3n) is 3.99. The third kappa shape index (κ3) is 4.12. The number of aryl methyl sites for hydroxylation is 1. The molecule has 1 aliphatic heterocycles. The zero-order valence-corrected chi connectivity index (χ0v) is 14.5. The molecule has 0 aliphatic carbocycles. The summed E-state index contributed by atoms with van der Waals surface area (Å²) in [6.07, 6.45) is 1.44. The highest BCUT2D eigenvalue weighted by Gasteiger charge is 2.30. The number of morpholine rings is 1. The van der Waals surface area contributed by atoms with E-state index in [1.165, 1.54) is 11.0 Å². The summed E-state index contributed by atoms with van der Waals surface area (Å²) in [5, 5.41) is 8.98. The summed E-state index contributed by atoms with van der Waals surface area (Å²) in [6, 6.07) is 4.04. The van der Waals surface area contributed by atoms with Gasteiger partial charge in [0, 0.05) is 18.4 Å². The Balaban J connectivity index is 2.36. The molecule has 1 amide bonds. The van der Waals surface area contributed by atoms with Crippen LogP contribution in [0.2, 0.25) is 0 Å². The SMILES string of the molecule is CCc1ccc(C(=O)N2CCOCC2CC(=O)O)cc1S(C)(=O)=O. The summed E-state index contributed by atoms with van der Waals surface area (Å²) in [5.41, 5.74) is 0.892. The average molecular weight is 355 g/mol. The van der Waals surface area contributed by atoms with Gasteiger partial charge in [0.05, 0.1) is 30.6 Å². The van der Waals surface area contributed by atoms with Crippen LogP contribution >= 0.6 is 0 Å². The van der Waals surface area contributed by atoms with Crippen molar-refractivity contribution in [3.8, 4) is 0 Å². The van der Waals surface area contributed by atoms with Crippen LogP contribution in [0.15, 0.2) is 23.1 Å². The van der Waals surface area contributed by atoms with Gasteiger partial charge in [-0.05, 0) is 24.1 Å². The molecule has 0 bridgehead atoms. The molecule has 1 atom stereocenters. The Kier molecular flexibility index (Phi) is 5.61. The van der Waals surface area contributed by atoms with Crippen LogP contribution in [0.4, 0.5) is 0 Å². The molecule has 1 fully saturated rings. The minimum absolute atomic E-state index is 0.138. The lowest BCUT2D eigenvalue weighted by atomic mass is 10.1. The first-order valence-electron chi connectivity index (χ1n) is 7.67. The van der Waals surface area contributed by atoms with E-state index in [2.05, 4.69) is 0 Å². The molecule has 0 spiro atoms. The third-order valence-corrected chi connectivity index (χ3v) is 5.17. The molecule has 0 saturated carbocycles. The maximum absolute atomic E-state index is 12.8. The molecule has 1 unspecified atom stereocenters. The van der Waals surface area contributed by atoms with Gasteiger partial charge in [-0.15, -0.1) is 0 Å². The molecule has 1 saturated heterocycles. The summed E-state index contributed by atoms with van der Waals surface area (Å²) in [6.45, 7) is 2.61. The van der Waals surface area contributed by atoms with Crippen LogP contribution in [0.5, 0.6) is 0 Å². The van der Waals surface area contributed by atoms with E-state index in [4.69, 9.17) is 9.84 Å². The molecule has 7 nitrogen and oxygen atoms in total. The lowest BCUT2D eigenvalue weighted by Gasteiger charge is -2.35. The number of amides is 1. The molecule has 1 heterocycles. The van der Waals surface area contributed by atoms with Gasteiger partial charge in [-0.25, -0.2) is 8.42 Å². The number of hydrogen-bond donors (Lipinski definition) is 1. The zero-order chi connectivity index (χ0) is 17.9. The highest BCUT2D eigenvalue weighted by Crippen LogP contribution is 2.21. The van der Waals surface area contributed by atoms with Crippen molar-refractivity contribution in [2.75, 3.05) is 26.0 Å². The maximum atomic E-state index is 12.8. The molecule has 0 radical (unpaired) electrons.